The average Bonchev–Trinajstić information content (AvgIpc) is 3.42. The van der Waals surface area contributed by atoms with Crippen molar-refractivity contribution in [3.8, 4) is 29.1 Å². The van der Waals surface area contributed by atoms with Crippen molar-refractivity contribution in [1.82, 2.24) is 19.7 Å². The number of pyridine rings is 1. The van der Waals surface area contributed by atoms with E-state index in [1.54, 1.807) is 6.20 Å². The Kier molecular flexibility index (Phi) is 6.45. The summed E-state index contributed by atoms with van der Waals surface area (Å²) in [5, 5.41) is 13.8. The molecule has 0 saturated carbocycles. The van der Waals surface area contributed by atoms with Gasteiger partial charge in [0, 0.05) is 24.4 Å². The zero-order valence-corrected chi connectivity index (χ0v) is 19.3. The maximum Gasteiger partial charge on any atom is 0.425 e. The van der Waals surface area contributed by atoms with Crippen LogP contribution in [0.2, 0.25) is 0 Å². The Balaban J connectivity index is 1.66. The van der Waals surface area contributed by atoms with E-state index in [0.717, 1.165) is 19.2 Å². The molecule has 36 heavy (non-hydrogen) atoms. The summed E-state index contributed by atoms with van der Waals surface area (Å²) in [4.78, 5) is 18.7. The highest BCUT2D eigenvalue weighted by Gasteiger charge is 2.40. The van der Waals surface area contributed by atoms with Gasteiger partial charge in [0.15, 0.2) is 11.9 Å². The summed E-state index contributed by atoms with van der Waals surface area (Å²) in [6.45, 7) is 0.858. The van der Waals surface area contributed by atoms with Crippen LogP contribution in [0.25, 0.3) is 5.69 Å². The molecular weight excluding hydrogens is 486 g/mol. The van der Waals surface area contributed by atoms with Gasteiger partial charge in [-0.2, -0.15) is 23.5 Å². The first-order valence-corrected chi connectivity index (χ1v) is 10.5. The lowest BCUT2D eigenvalue weighted by Crippen LogP contribution is -2.33. The van der Waals surface area contributed by atoms with Gasteiger partial charge < -0.3 is 19.1 Å². The molecule has 1 aromatic carbocycles. The van der Waals surface area contributed by atoms with Crippen LogP contribution >= 0.6 is 0 Å². The van der Waals surface area contributed by atoms with E-state index in [0.29, 0.717) is 11.3 Å². The second kappa shape index (κ2) is 9.37. The molecular formula is C23H19F4N5O4. The van der Waals surface area contributed by atoms with Gasteiger partial charge in [-0.1, -0.05) is 0 Å². The zero-order valence-electron chi connectivity index (χ0n) is 19.3. The number of nitriles is 1. The number of alkyl halides is 3. The van der Waals surface area contributed by atoms with Gasteiger partial charge in [0.2, 0.25) is 5.88 Å². The minimum Gasteiger partial charge on any atom is -0.494 e. The number of rotatable bonds is 6. The molecule has 0 aliphatic carbocycles. The number of carbonyl (C=O) groups is 1. The highest BCUT2D eigenvalue weighted by molar-refractivity contribution is 6.00. The molecule has 0 unspecified atom stereocenters. The number of methoxy groups -OCH3 is 2. The SMILES string of the molecule is COc1ncc(F)cc1-n1cc2c(n1)CN(C(=O)c1c(O[C@@H](C)C(F)(F)F)ccc(C#N)c1OC)C2. The molecule has 0 fully saturated rings. The Bertz CT molecular complexity index is 1340. The molecule has 4 rings (SSSR count). The number of benzene rings is 1. The van der Waals surface area contributed by atoms with Crippen LogP contribution in [0.4, 0.5) is 17.6 Å². The lowest BCUT2D eigenvalue weighted by atomic mass is 10.1. The molecule has 13 heteroatoms. The fourth-order valence-electron chi connectivity index (χ4n) is 3.74. The van der Waals surface area contributed by atoms with Crippen LogP contribution in [0.3, 0.4) is 0 Å². The third-order valence-corrected chi connectivity index (χ3v) is 5.53. The third-order valence-electron chi connectivity index (χ3n) is 5.53. The number of hydrogen-bond acceptors (Lipinski definition) is 7. The molecule has 1 aliphatic heterocycles. The third kappa shape index (κ3) is 4.49. The molecule has 0 radical (unpaired) electrons. The summed E-state index contributed by atoms with van der Waals surface area (Å²) < 4.78 is 70.0. The maximum atomic E-state index is 13.7. The van der Waals surface area contributed by atoms with Gasteiger partial charge >= 0.3 is 6.18 Å². The van der Waals surface area contributed by atoms with Crippen LogP contribution in [0.1, 0.15) is 34.1 Å². The topological polar surface area (TPSA) is 103 Å². The van der Waals surface area contributed by atoms with Crippen molar-refractivity contribution in [3.63, 3.8) is 0 Å². The molecule has 0 bridgehead atoms. The summed E-state index contributed by atoms with van der Waals surface area (Å²) in [6, 6.07) is 5.41. The molecule has 0 spiro atoms. The standard InChI is InChI=1S/C23H19F4N5O4/c1-12(23(25,26)27)36-18-5-4-13(7-28)20(34-2)19(18)22(33)31-9-14-10-32(30-16(14)11-31)17-6-15(24)8-29-21(17)35-3/h4-6,8,10,12H,9,11H2,1-3H3/t12-/m0/s1. The smallest absolute Gasteiger partial charge is 0.425 e. The van der Waals surface area contributed by atoms with Crippen molar-refractivity contribution in [2.45, 2.75) is 32.3 Å². The molecule has 188 valence electrons. The van der Waals surface area contributed by atoms with E-state index < -0.39 is 24.0 Å². The van der Waals surface area contributed by atoms with E-state index in [1.165, 1.54) is 35.9 Å². The van der Waals surface area contributed by atoms with Crippen molar-refractivity contribution in [2.24, 2.45) is 0 Å². The van der Waals surface area contributed by atoms with Gasteiger partial charge in [-0.25, -0.2) is 14.1 Å². The zero-order chi connectivity index (χ0) is 26.2. The normalized spacial score (nSPS) is 13.7. The number of fused-ring (bicyclic) bond motifs is 1. The van der Waals surface area contributed by atoms with Crippen molar-refractivity contribution in [2.75, 3.05) is 14.2 Å². The molecule has 1 aliphatic rings. The van der Waals surface area contributed by atoms with E-state index in [2.05, 4.69) is 10.1 Å². The lowest BCUT2D eigenvalue weighted by molar-refractivity contribution is -0.189. The van der Waals surface area contributed by atoms with Crippen LogP contribution in [0.15, 0.2) is 30.6 Å². The molecule has 9 nitrogen and oxygen atoms in total. The highest BCUT2D eigenvalue weighted by Crippen LogP contribution is 2.37. The van der Waals surface area contributed by atoms with E-state index in [9.17, 15) is 27.6 Å². The van der Waals surface area contributed by atoms with E-state index in [1.807, 2.05) is 6.07 Å². The molecule has 2 aromatic heterocycles. The van der Waals surface area contributed by atoms with E-state index in [4.69, 9.17) is 14.2 Å². The fourth-order valence-corrected chi connectivity index (χ4v) is 3.74. The Morgan fingerprint density at radius 1 is 1.22 bits per heavy atom. The average molecular weight is 505 g/mol. The summed E-state index contributed by atoms with van der Waals surface area (Å²) in [5.74, 6) is -1.72. The lowest BCUT2D eigenvalue weighted by Gasteiger charge is -2.23. The first-order chi connectivity index (χ1) is 17.1. The number of amides is 1. The number of nitrogens with zero attached hydrogens (tertiary/aromatic N) is 5. The van der Waals surface area contributed by atoms with Gasteiger partial charge in [-0.3, -0.25) is 4.79 Å². The van der Waals surface area contributed by atoms with Crippen molar-refractivity contribution in [3.05, 3.63) is 58.8 Å². The Morgan fingerprint density at radius 3 is 2.58 bits per heavy atom. The summed E-state index contributed by atoms with van der Waals surface area (Å²) in [5.41, 5.74) is 1.01. The minimum atomic E-state index is -4.68. The van der Waals surface area contributed by atoms with Gasteiger partial charge in [0.1, 0.15) is 28.9 Å². The predicted molar refractivity (Wildman–Crippen MR) is 115 cm³/mol. The summed E-state index contributed by atoms with van der Waals surface area (Å²) in [7, 11) is 2.58. The number of halogens is 4. The van der Waals surface area contributed by atoms with Crippen LogP contribution in [-0.2, 0) is 13.1 Å². The predicted octanol–water partition coefficient (Wildman–Crippen LogP) is 3.78. The molecule has 0 saturated heterocycles. The number of ether oxygens (including phenoxy) is 3. The first kappa shape index (κ1) is 24.8. The van der Waals surface area contributed by atoms with Crippen molar-refractivity contribution < 1.29 is 36.6 Å². The largest absolute Gasteiger partial charge is 0.494 e. The van der Waals surface area contributed by atoms with Gasteiger partial charge in [0.05, 0.1) is 38.2 Å². The van der Waals surface area contributed by atoms with Crippen molar-refractivity contribution in [1.29, 1.82) is 5.26 Å². The van der Waals surface area contributed by atoms with Crippen molar-refractivity contribution >= 4 is 5.91 Å². The highest BCUT2D eigenvalue weighted by atomic mass is 19.4. The van der Waals surface area contributed by atoms with E-state index in [-0.39, 0.29) is 47.3 Å². The Morgan fingerprint density at radius 2 is 1.97 bits per heavy atom. The molecule has 3 aromatic rings. The molecule has 3 heterocycles. The van der Waals surface area contributed by atoms with Crippen LogP contribution in [0.5, 0.6) is 17.4 Å². The fraction of sp³-hybridized carbons (Fsp3) is 0.304. The number of hydrogen-bond donors (Lipinski definition) is 0. The Labute approximate surface area is 202 Å². The van der Waals surface area contributed by atoms with Crippen LogP contribution in [-0.4, -0.2) is 52.1 Å². The Hall–Kier alpha value is -4.34. The van der Waals surface area contributed by atoms with Crippen LogP contribution in [0, 0.1) is 17.1 Å². The maximum absolute atomic E-state index is 13.7. The van der Waals surface area contributed by atoms with Gasteiger partial charge in [-0.15, -0.1) is 0 Å². The van der Waals surface area contributed by atoms with Crippen LogP contribution < -0.4 is 14.2 Å². The second-order valence-electron chi connectivity index (χ2n) is 7.82. The number of carbonyl (C=O) groups excluding carboxylic acids is 1. The second-order valence-corrected chi connectivity index (χ2v) is 7.82. The molecule has 1 atom stereocenters. The van der Waals surface area contributed by atoms with E-state index >= 15 is 0 Å². The quantitative estimate of drug-likeness (QED) is 0.470. The number of aromatic nitrogens is 3. The molecule has 0 N–H and O–H groups in total. The summed E-state index contributed by atoms with van der Waals surface area (Å²) >= 11 is 0. The van der Waals surface area contributed by atoms with Gasteiger partial charge in [0.25, 0.3) is 5.91 Å². The summed E-state index contributed by atoms with van der Waals surface area (Å²) in [6.07, 6.45) is -4.31. The molecule has 1 amide bonds. The first-order valence-electron chi connectivity index (χ1n) is 10.5. The monoisotopic (exact) mass is 505 g/mol. The minimum absolute atomic E-state index is 0.000423. The van der Waals surface area contributed by atoms with Gasteiger partial charge in [-0.05, 0) is 19.1 Å².